The van der Waals surface area contributed by atoms with E-state index in [4.69, 9.17) is 9.97 Å². The third-order valence-corrected chi connectivity index (χ3v) is 12.0. The van der Waals surface area contributed by atoms with Crippen molar-refractivity contribution in [2.45, 2.75) is 14.8 Å². The fourth-order valence-electron chi connectivity index (χ4n) is 3.85. The normalized spacial score (nSPS) is 11.4. The van der Waals surface area contributed by atoms with Crippen LogP contribution in [0.15, 0.2) is 109 Å². The van der Waals surface area contributed by atoms with Crippen molar-refractivity contribution in [2.75, 3.05) is 4.90 Å². The van der Waals surface area contributed by atoms with Crippen LogP contribution in [0.4, 0.5) is 17.1 Å². The number of anilines is 3. The second kappa shape index (κ2) is 9.72. The maximum atomic E-state index is 4.73. The summed E-state index contributed by atoms with van der Waals surface area (Å²) in [4.78, 5) is 21.2. The van der Waals surface area contributed by atoms with Gasteiger partial charge in [0.2, 0.25) is 0 Å². The van der Waals surface area contributed by atoms with E-state index in [1.807, 2.05) is 24.5 Å². The Morgan fingerprint density at radius 3 is 1.68 bits per heavy atom. The van der Waals surface area contributed by atoms with Gasteiger partial charge in [-0.2, -0.15) is 0 Å². The average Bonchev–Trinajstić information content (AvgIpc) is 3.36. The first kappa shape index (κ1) is 22.8. The molecule has 0 amide bonds. The molecule has 34 heavy (non-hydrogen) atoms. The van der Waals surface area contributed by atoms with Crippen LogP contribution in [-0.4, -0.2) is 28.3 Å². The molecule has 0 fully saturated rings. The van der Waals surface area contributed by atoms with Gasteiger partial charge in [-0.3, -0.25) is 0 Å². The Labute approximate surface area is 209 Å². The van der Waals surface area contributed by atoms with Gasteiger partial charge >= 0.3 is 139 Å². The number of para-hydroxylation sites is 2. The molecule has 0 aliphatic rings. The second-order valence-corrected chi connectivity index (χ2v) is 24.6. The third-order valence-electron chi connectivity index (χ3n) is 5.72. The summed E-state index contributed by atoms with van der Waals surface area (Å²) in [5, 5.41) is 0. The molecule has 0 radical (unpaired) electrons. The zero-order valence-electron chi connectivity index (χ0n) is 19.6. The molecule has 0 spiro atoms. The summed E-state index contributed by atoms with van der Waals surface area (Å²) in [5.41, 5.74) is 5.57. The Morgan fingerprint density at radius 2 is 1.15 bits per heavy atom. The molecule has 3 nitrogen and oxygen atoms in total. The third kappa shape index (κ3) is 4.93. The predicted octanol–water partition coefficient (Wildman–Crippen LogP) is 7.89. The van der Waals surface area contributed by atoms with Crippen molar-refractivity contribution in [1.82, 2.24) is 9.97 Å². The molecule has 168 valence electrons. The Morgan fingerprint density at radius 1 is 0.588 bits per heavy atom. The Bertz CT molecular complexity index is 1320. The predicted molar refractivity (Wildman–Crippen MR) is 148 cm³/mol. The molecule has 0 aliphatic carbocycles. The summed E-state index contributed by atoms with van der Waals surface area (Å²) in [6.07, 6.45) is 3.93. The van der Waals surface area contributed by atoms with Crippen LogP contribution >= 0.6 is 11.3 Å². The Balaban J connectivity index is 1.43. The van der Waals surface area contributed by atoms with Crippen LogP contribution in [0.5, 0.6) is 0 Å². The summed E-state index contributed by atoms with van der Waals surface area (Å²) in [7, 11) is 0. The molecule has 2 heterocycles. The monoisotopic (exact) mass is 569 g/mol. The molecule has 0 atom stereocenters. The molecule has 5 rings (SSSR count). The zero-order chi connectivity index (χ0) is 23.5. The number of hydrogen-bond acceptors (Lipinski definition) is 4. The van der Waals surface area contributed by atoms with E-state index in [9.17, 15) is 0 Å². The van der Waals surface area contributed by atoms with Crippen LogP contribution in [0.2, 0.25) is 14.8 Å². The van der Waals surface area contributed by atoms with E-state index in [2.05, 4.69) is 105 Å². The van der Waals surface area contributed by atoms with Crippen LogP contribution < -0.4 is 8.61 Å². The SMILES string of the molecule is [CH3][Sn]([CH3])([CH3])[c]1cnc(-c2ccc(-c3ccc(N(c4ccccc4)c4ccccc4)cc3)s2)cn1. The molecule has 5 heteroatoms. The van der Waals surface area contributed by atoms with Gasteiger partial charge in [-0.05, 0) is 24.3 Å². The summed E-state index contributed by atoms with van der Waals surface area (Å²) < 4.78 is 1.21. The molecular formula is C29H27N3SSn. The fourth-order valence-corrected chi connectivity index (χ4v) is 7.40. The zero-order valence-corrected chi connectivity index (χ0v) is 23.3. The molecule has 0 aliphatic heterocycles. The van der Waals surface area contributed by atoms with Gasteiger partial charge in [0.25, 0.3) is 0 Å². The molecule has 0 bridgehead atoms. The number of rotatable bonds is 6. The van der Waals surface area contributed by atoms with Crippen molar-refractivity contribution in [3.05, 3.63) is 109 Å². The van der Waals surface area contributed by atoms with E-state index in [-0.39, 0.29) is 0 Å². The minimum atomic E-state index is -2.18. The topological polar surface area (TPSA) is 29.0 Å². The molecule has 0 unspecified atom stereocenters. The van der Waals surface area contributed by atoms with Crippen LogP contribution in [-0.2, 0) is 0 Å². The molecule has 0 saturated heterocycles. The second-order valence-electron chi connectivity index (χ2n) is 9.25. The van der Waals surface area contributed by atoms with E-state index in [0.717, 1.165) is 27.6 Å². The van der Waals surface area contributed by atoms with Gasteiger partial charge in [-0.1, -0.05) is 36.4 Å². The number of thiophene rings is 1. The van der Waals surface area contributed by atoms with Gasteiger partial charge in [-0.25, -0.2) is 0 Å². The van der Waals surface area contributed by atoms with Gasteiger partial charge in [0, 0.05) is 11.4 Å². The first-order valence-electron chi connectivity index (χ1n) is 11.4. The van der Waals surface area contributed by atoms with E-state index >= 15 is 0 Å². The summed E-state index contributed by atoms with van der Waals surface area (Å²) >= 11 is -0.422. The molecule has 2 aromatic heterocycles. The van der Waals surface area contributed by atoms with Gasteiger partial charge in [0.1, 0.15) is 0 Å². The summed E-state index contributed by atoms with van der Waals surface area (Å²) in [6.45, 7) is 0. The van der Waals surface area contributed by atoms with Gasteiger partial charge in [0.05, 0.1) is 0 Å². The van der Waals surface area contributed by atoms with Crippen molar-refractivity contribution in [2.24, 2.45) is 0 Å². The van der Waals surface area contributed by atoms with E-state index in [1.54, 1.807) is 11.3 Å². The summed E-state index contributed by atoms with van der Waals surface area (Å²) in [5.74, 6) is 0. The van der Waals surface area contributed by atoms with Crippen molar-refractivity contribution in [1.29, 1.82) is 0 Å². The van der Waals surface area contributed by atoms with Crippen molar-refractivity contribution >= 4 is 50.5 Å². The molecular weight excluding hydrogens is 541 g/mol. The number of aromatic nitrogens is 2. The first-order valence-corrected chi connectivity index (χ1v) is 22.2. The maximum absolute atomic E-state index is 4.73. The molecule has 0 N–H and O–H groups in total. The minimum absolute atomic E-state index is 0.950. The van der Waals surface area contributed by atoms with E-state index in [1.165, 1.54) is 14.2 Å². The number of hydrogen-bond donors (Lipinski definition) is 0. The molecule has 3 aromatic carbocycles. The van der Waals surface area contributed by atoms with Crippen molar-refractivity contribution < 1.29 is 0 Å². The van der Waals surface area contributed by atoms with E-state index < -0.39 is 18.4 Å². The Hall–Kier alpha value is -2.96. The quantitative estimate of drug-likeness (QED) is 0.195. The van der Waals surface area contributed by atoms with Crippen molar-refractivity contribution in [3.63, 3.8) is 0 Å². The molecule has 0 saturated carbocycles. The van der Waals surface area contributed by atoms with Crippen LogP contribution in [0, 0.1) is 0 Å². The average molecular weight is 568 g/mol. The number of nitrogens with zero attached hydrogens (tertiary/aromatic N) is 3. The Kier molecular flexibility index (Phi) is 6.52. The standard InChI is InChI=1S/C26H18N3S.3CH3.Sn/c1-3-7-21(8-4-1)29(22-9-5-2-6-10-22)23-13-11-20(12-14-23)25-15-16-26(30-25)24-19-27-17-18-28-24;;;;/h1-16,18-19H;3*1H3;. The summed E-state index contributed by atoms with van der Waals surface area (Å²) in [6, 6.07) is 34.1. The van der Waals surface area contributed by atoms with Gasteiger partial charge in [0.15, 0.2) is 0 Å². The fraction of sp³-hybridized carbons (Fsp3) is 0.103. The van der Waals surface area contributed by atoms with Gasteiger partial charge in [-0.15, -0.1) is 0 Å². The van der Waals surface area contributed by atoms with Crippen molar-refractivity contribution in [3.8, 4) is 21.0 Å². The van der Waals surface area contributed by atoms with E-state index in [0.29, 0.717) is 0 Å². The van der Waals surface area contributed by atoms with Crippen LogP contribution in [0.25, 0.3) is 21.0 Å². The van der Waals surface area contributed by atoms with Crippen LogP contribution in [0.1, 0.15) is 0 Å². The van der Waals surface area contributed by atoms with Gasteiger partial charge < -0.3 is 0 Å². The number of benzene rings is 3. The first-order chi connectivity index (χ1) is 16.5. The van der Waals surface area contributed by atoms with Crippen LogP contribution in [0.3, 0.4) is 0 Å². The molecule has 5 aromatic rings.